The minimum Gasteiger partial charge on any atom is -0.354 e. The van der Waals surface area contributed by atoms with Gasteiger partial charge < -0.3 is 9.80 Å². The van der Waals surface area contributed by atoms with E-state index in [2.05, 4.69) is 36.0 Å². The van der Waals surface area contributed by atoms with Gasteiger partial charge in [-0.3, -0.25) is 0 Å². The Morgan fingerprint density at radius 2 is 2.15 bits per heavy atom. The van der Waals surface area contributed by atoms with E-state index in [4.69, 9.17) is 4.98 Å². The van der Waals surface area contributed by atoms with Gasteiger partial charge in [0, 0.05) is 24.8 Å². The summed E-state index contributed by atoms with van der Waals surface area (Å²) in [5, 5.41) is 9.43. The lowest BCUT2D eigenvalue weighted by atomic mass is 9.95. The summed E-state index contributed by atoms with van der Waals surface area (Å²) in [5.74, 6) is 0.914. The van der Waals surface area contributed by atoms with Crippen LogP contribution in [0.15, 0.2) is 6.07 Å². The Bertz CT molecular complexity index is 544. The predicted molar refractivity (Wildman–Crippen MR) is 79.9 cm³/mol. The van der Waals surface area contributed by atoms with E-state index < -0.39 is 0 Å². The van der Waals surface area contributed by atoms with Crippen LogP contribution >= 0.6 is 0 Å². The Balaban J connectivity index is 1.91. The monoisotopic (exact) mass is 270 g/mol. The minimum atomic E-state index is 0.569. The minimum absolute atomic E-state index is 0.569. The zero-order chi connectivity index (χ0) is 14.1. The first-order valence-corrected chi connectivity index (χ1v) is 7.53. The van der Waals surface area contributed by atoms with E-state index in [1.807, 2.05) is 0 Å². The number of fused-ring (bicyclic) bond motifs is 1. The van der Waals surface area contributed by atoms with E-state index in [1.165, 1.54) is 24.1 Å². The lowest BCUT2D eigenvalue weighted by Crippen LogP contribution is -2.32. The second-order valence-electron chi connectivity index (χ2n) is 6.14. The summed E-state index contributed by atoms with van der Waals surface area (Å²) < 4.78 is 0. The molecule has 1 fully saturated rings. The molecular weight excluding hydrogens is 248 g/mol. The smallest absolute Gasteiger partial charge is 0.146 e. The van der Waals surface area contributed by atoms with Crippen LogP contribution in [0.1, 0.15) is 36.1 Å². The normalized spacial score (nSPS) is 21.9. The van der Waals surface area contributed by atoms with Gasteiger partial charge in [0.15, 0.2) is 0 Å². The van der Waals surface area contributed by atoms with Crippen LogP contribution in [0.3, 0.4) is 0 Å². The van der Waals surface area contributed by atoms with Gasteiger partial charge >= 0.3 is 0 Å². The number of aryl methyl sites for hydroxylation is 2. The van der Waals surface area contributed by atoms with Gasteiger partial charge in [-0.15, -0.1) is 0 Å². The van der Waals surface area contributed by atoms with Crippen LogP contribution in [0, 0.1) is 11.3 Å². The van der Waals surface area contributed by atoms with Crippen LogP contribution in [-0.4, -0.2) is 43.1 Å². The molecule has 106 valence electrons. The third-order valence-corrected chi connectivity index (χ3v) is 4.59. The molecule has 0 saturated carbocycles. The lowest BCUT2D eigenvalue weighted by molar-refractivity contribution is 0.315. The van der Waals surface area contributed by atoms with Gasteiger partial charge in [0.1, 0.15) is 11.9 Å². The number of rotatable bonds is 2. The van der Waals surface area contributed by atoms with Crippen molar-refractivity contribution in [3.63, 3.8) is 0 Å². The van der Waals surface area contributed by atoms with Crippen LogP contribution in [0.4, 0.5) is 5.82 Å². The summed E-state index contributed by atoms with van der Waals surface area (Å²) in [7, 11) is 4.25. The van der Waals surface area contributed by atoms with Gasteiger partial charge in [-0.05, 0) is 57.8 Å². The summed E-state index contributed by atoms with van der Waals surface area (Å²) in [4.78, 5) is 9.40. The number of anilines is 1. The van der Waals surface area contributed by atoms with Crippen molar-refractivity contribution in [2.75, 3.05) is 32.1 Å². The molecule has 20 heavy (non-hydrogen) atoms. The molecule has 1 aromatic heterocycles. The summed E-state index contributed by atoms with van der Waals surface area (Å²) >= 11 is 0. The molecule has 0 amide bonds. The van der Waals surface area contributed by atoms with Gasteiger partial charge in [0.05, 0.1) is 5.56 Å². The molecule has 0 bridgehead atoms. The van der Waals surface area contributed by atoms with Crippen LogP contribution in [0.5, 0.6) is 0 Å². The van der Waals surface area contributed by atoms with Crippen molar-refractivity contribution in [1.82, 2.24) is 9.88 Å². The molecule has 4 heteroatoms. The quantitative estimate of drug-likeness (QED) is 0.824. The Hall–Kier alpha value is -1.60. The molecule has 4 nitrogen and oxygen atoms in total. The molecule has 0 N–H and O–H groups in total. The second-order valence-corrected chi connectivity index (χ2v) is 6.14. The largest absolute Gasteiger partial charge is 0.354 e. The zero-order valence-electron chi connectivity index (χ0n) is 12.4. The molecule has 1 saturated heterocycles. The number of likely N-dealkylation sites (N-methyl/N-ethyl adjacent to an activating group) is 1. The number of nitrogens with zero attached hydrogens (tertiary/aromatic N) is 4. The highest BCUT2D eigenvalue weighted by atomic mass is 15.3. The fourth-order valence-corrected chi connectivity index (χ4v) is 3.30. The molecule has 0 spiro atoms. The molecule has 1 aliphatic heterocycles. The molecule has 0 radical (unpaired) electrons. The first-order chi connectivity index (χ1) is 9.69. The summed E-state index contributed by atoms with van der Waals surface area (Å²) in [6.07, 6.45) is 5.75. The molecule has 1 unspecified atom stereocenters. The van der Waals surface area contributed by atoms with Crippen molar-refractivity contribution in [2.24, 2.45) is 0 Å². The standard InChI is InChI=1S/C16H22N4/c1-19(2)14-7-8-20(11-14)16-13(10-17)9-12-5-3-4-6-15(12)18-16/h9,14H,3-8,11H2,1-2H3. The molecule has 1 aromatic rings. The lowest BCUT2D eigenvalue weighted by Gasteiger charge is -2.24. The number of hydrogen-bond donors (Lipinski definition) is 0. The van der Waals surface area contributed by atoms with E-state index in [0.717, 1.165) is 43.7 Å². The molecule has 1 aliphatic carbocycles. The Morgan fingerprint density at radius 3 is 2.85 bits per heavy atom. The average molecular weight is 270 g/mol. The number of nitriles is 1. The van der Waals surface area contributed by atoms with E-state index in [0.29, 0.717) is 6.04 Å². The first-order valence-electron chi connectivity index (χ1n) is 7.53. The maximum absolute atomic E-state index is 9.43. The summed E-state index contributed by atoms with van der Waals surface area (Å²) in [6.45, 7) is 1.98. The van der Waals surface area contributed by atoms with Gasteiger partial charge in [-0.1, -0.05) is 0 Å². The molecule has 3 rings (SSSR count). The van der Waals surface area contributed by atoms with Crippen molar-refractivity contribution >= 4 is 5.82 Å². The summed E-state index contributed by atoms with van der Waals surface area (Å²) in [6, 6.07) is 5.00. The number of pyridine rings is 1. The predicted octanol–water partition coefficient (Wildman–Crippen LogP) is 1.97. The van der Waals surface area contributed by atoms with Crippen LogP contribution < -0.4 is 4.90 Å². The Labute approximate surface area is 121 Å². The Morgan fingerprint density at radius 1 is 1.35 bits per heavy atom. The maximum Gasteiger partial charge on any atom is 0.146 e. The van der Waals surface area contributed by atoms with E-state index in [1.54, 1.807) is 0 Å². The second kappa shape index (κ2) is 5.41. The highest BCUT2D eigenvalue weighted by molar-refractivity contribution is 5.57. The van der Waals surface area contributed by atoms with Crippen molar-refractivity contribution < 1.29 is 0 Å². The summed E-state index contributed by atoms with van der Waals surface area (Å²) in [5.41, 5.74) is 3.27. The van der Waals surface area contributed by atoms with Gasteiger partial charge in [-0.25, -0.2) is 4.98 Å². The molecule has 2 heterocycles. The molecule has 2 aliphatic rings. The van der Waals surface area contributed by atoms with Crippen molar-refractivity contribution in [2.45, 2.75) is 38.1 Å². The Kier molecular flexibility index (Phi) is 3.62. The highest BCUT2D eigenvalue weighted by Gasteiger charge is 2.27. The molecule has 1 atom stereocenters. The number of hydrogen-bond acceptors (Lipinski definition) is 4. The van der Waals surface area contributed by atoms with Crippen molar-refractivity contribution in [1.29, 1.82) is 5.26 Å². The topological polar surface area (TPSA) is 43.2 Å². The fraction of sp³-hybridized carbons (Fsp3) is 0.625. The number of aromatic nitrogens is 1. The average Bonchev–Trinajstić information content (AvgIpc) is 2.95. The van der Waals surface area contributed by atoms with Gasteiger partial charge in [-0.2, -0.15) is 5.26 Å². The van der Waals surface area contributed by atoms with E-state index in [9.17, 15) is 5.26 Å². The van der Waals surface area contributed by atoms with Crippen molar-refractivity contribution in [3.8, 4) is 6.07 Å². The van der Waals surface area contributed by atoms with Crippen molar-refractivity contribution in [3.05, 3.63) is 22.9 Å². The van der Waals surface area contributed by atoms with E-state index in [-0.39, 0.29) is 0 Å². The maximum atomic E-state index is 9.43. The van der Waals surface area contributed by atoms with Crippen LogP contribution in [0.25, 0.3) is 0 Å². The molecular formula is C16H22N4. The van der Waals surface area contributed by atoms with Gasteiger partial charge in [0.2, 0.25) is 0 Å². The van der Waals surface area contributed by atoms with Gasteiger partial charge in [0.25, 0.3) is 0 Å². The SMILES string of the molecule is CN(C)C1CCN(c2nc3c(cc2C#N)CCCC3)C1. The molecule has 0 aromatic carbocycles. The zero-order valence-corrected chi connectivity index (χ0v) is 12.4. The highest BCUT2D eigenvalue weighted by Crippen LogP contribution is 2.29. The third kappa shape index (κ3) is 2.38. The third-order valence-electron chi connectivity index (χ3n) is 4.59. The van der Waals surface area contributed by atoms with Crippen LogP contribution in [0.2, 0.25) is 0 Å². The first kappa shape index (κ1) is 13.4. The van der Waals surface area contributed by atoms with E-state index >= 15 is 0 Å². The fourth-order valence-electron chi connectivity index (χ4n) is 3.30. The van der Waals surface area contributed by atoms with Crippen LogP contribution in [-0.2, 0) is 12.8 Å².